The lowest BCUT2D eigenvalue weighted by molar-refractivity contribution is -0.153. The number of carboxylic acids is 1. The van der Waals surface area contributed by atoms with Crippen LogP contribution in [0.3, 0.4) is 0 Å². The molecule has 0 saturated carbocycles. The fraction of sp³-hybridized carbons (Fsp3) is 0.444. The summed E-state index contributed by atoms with van der Waals surface area (Å²) in [6.07, 6.45) is -0.586. The van der Waals surface area contributed by atoms with Gasteiger partial charge in [-0.25, -0.2) is 9.59 Å². The number of rotatable bonds is 7. The maximum absolute atomic E-state index is 13.4. The molecule has 2 atom stereocenters. The highest BCUT2D eigenvalue weighted by molar-refractivity contribution is 7.99. The Morgan fingerprint density at radius 2 is 1.66 bits per heavy atom. The predicted molar refractivity (Wildman–Crippen MR) is 136 cm³/mol. The van der Waals surface area contributed by atoms with Gasteiger partial charge in [0.15, 0.2) is 0 Å². The van der Waals surface area contributed by atoms with E-state index in [0.717, 1.165) is 22.3 Å². The zero-order valence-corrected chi connectivity index (χ0v) is 21.3. The van der Waals surface area contributed by atoms with Crippen LogP contribution in [-0.4, -0.2) is 58.3 Å². The van der Waals surface area contributed by atoms with Gasteiger partial charge in [-0.1, -0.05) is 62.4 Å². The van der Waals surface area contributed by atoms with Crippen LogP contribution in [0.4, 0.5) is 4.79 Å². The van der Waals surface area contributed by atoms with Crippen LogP contribution in [0, 0.1) is 11.3 Å². The monoisotopic (exact) mass is 496 g/mol. The quantitative estimate of drug-likeness (QED) is 0.583. The summed E-state index contributed by atoms with van der Waals surface area (Å²) in [5.41, 5.74) is 3.55. The lowest BCUT2D eigenvalue weighted by Gasteiger charge is -2.39. The van der Waals surface area contributed by atoms with E-state index in [1.807, 2.05) is 38.1 Å². The molecule has 2 N–H and O–H groups in total. The van der Waals surface area contributed by atoms with Gasteiger partial charge < -0.3 is 20.1 Å². The summed E-state index contributed by atoms with van der Waals surface area (Å²) in [7, 11) is 0. The van der Waals surface area contributed by atoms with Gasteiger partial charge in [0.1, 0.15) is 12.6 Å². The number of thioether (sulfide) groups is 1. The number of benzene rings is 2. The Morgan fingerprint density at radius 3 is 2.20 bits per heavy atom. The van der Waals surface area contributed by atoms with Gasteiger partial charge in [0.05, 0.1) is 11.3 Å². The SMILES string of the molecule is CC(C)C(NC(=O)OCC1c2ccccc2-c2ccccc21)C(C)(C)C(=O)N1CSCC1C(=O)O. The number of carbonyl (C=O) groups excluding carboxylic acids is 2. The van der Waals surface area contributed by atoms with Crippen molar-refractivity contribution in [1.82, 2.24) is 10.2 Å². The van der Waals surface area contributed by atoms with Crippen LogP contribution in [-0.2, 0) is 14.3 Å². The number of ether oxygens (including phenoxy) is 1. The summed E-state index contributed by atoms with van der Waals surface area (Å²) in [5, 5.41) is 12.4. The van der Waals surface area contributed by atoms with Gasteiger partial charge >= 0.3 is 12.1 Å². The molecule has 1 saturated heterocycles. The third-order valence-electron chi connectivity index (χ3n) is 7.04. The topological polar surface area (TPSA) is 95.9 Å². The predicted octanol–water partition coefficient (Wildman–Crippen LogP) is 4.56. The van der Waals surface area contributed by atoms with Crippen molar-refractivity contribution >= 4 is 29.7 Å². The molecule has 35 heavy (non-hydrogen) atoms. The fourth-order valence-corrected chi connectivity index (χ4v) is 6.44. The highest BCUT2D eigenvalue weighted by atomic mass is 32.2. The van der Waals surface area contributed by atoms with Crippen molar-refractivity contribution in [1.29, 1.82) is 0 Å². The van der Waals surface area contributed by atoms with E-state index in [0.29, 0.717) is 11.6 Å². The molecule has 0 bridgehead atoms. The van der Waals surface area contributed by atoms with Crippen LogP contribution in [0.15, 0.2) is 48.5 Å². The van der Waals surface area contributed by atoms with Crippen molar-refractivity contribution < 1.29 is 24.2 Å². The molecule has 4 rings (SSSR count). The molecule has 2 aliphatic rings. The number of hydrogen-bond donors (Lipinski definition) is 2. The number of carboxylic acid groups (broad SMARTS) is 1. The first-order chi connectivity index (χ1) is 16.6. The Balaban J connectivity index is 1.46. The average molecular weight is 497 g/mol. The van der Waals surface area contributed by atoms with E-state index in [9.17, 15) is 19.5 Å². The van der Waals surface area contributed by atoms with E-state index in [2.05, 4.69) is 29.6 Å². The Kier molecular flexibility index (Phi) is 7.12. The van der Waals surface area contributed by atoms with Crippen molar-refractivity contribution in [3.05, 3.63) is 59.7 Å². The number of fused-ring (bicyclic) bond motifs is 3. The summed E-state index contributed by atoms with van der Waals surface area (Å²) in [6.45, 7) is 7.55. The fourth-order valence-electron chi connectivity index (χ4n) is 5.30. The van der Waals surface area contributed by atoms with E-state index >= 15 is 0 Å². The maximum Gasteiger partial charge on any atom is 0.407 e. The molecule has 7 nitrogen and oxygen atoms in total. The van der Waals surface area contributed by atoms with Crippen molar-refractivity contribution in [2.45, 2.75) is 45.7 Å². The zero-order chi connectivity index (χ0) is 25.3. The number of aliphatic carboxylic acids is 1. The van der Waals surface area contributed by atoms with Crippen LogP contribution >= 0.6 is 11.8 Å². The Morgan fingerprint density at radius 1 is 1.09 bits per heavy atom. The normalized spacial score (nSPS) is 18.2. The van der Waals surface area contributed by atoms with Gasteiger partial charge in [0, 0.05) is 17.7 Å². The van der Waals surface area contributed by atoms with Crippen molar-refractivity contribution in [3.8, 4) is 11.1 Å². The third-order valence-corrected chi connectivity index (χ3v) is 8.05. The summed E-state index contributed by atoms with van der Waals surface area (Å²) < 4.78 is 5.71. The van der Waals surface area contributed by atoms with E-state index in [1.165, 1.54) is 16.7 Å². The van der Waals surface area contributed by atoms with Gasteiger partial charge in [0.25, 0.3) is 0 Å². The molecule has 2 unspecified atom stereocenters. The maximum atomic E-state index is 13.4. The molecule has 1 aliphatic carbocycles. The molecule has 0 radical (unpaired) electrons. The highest BCUT2D eigenvalue weighted by Gasteiger charge is 2.46. The van der Waals surface area contributed by atoms with Gasteiger partial charge in [-0.3, -0.25) is 4.79 Å². The lowest BCUT2D eigenvalue weighted by atomic mass is 9.77. The smallest absolute Gasteiger partial charge is 0.407 e. The Labute approximate surface area is 210 Å². The second kappa shape index (κ2) is 9.93. The lowest BCUT2D eigenvalue weighted by Crippen LogP contribution is -2.57. The molecule has 2 aromatic carbocycles. The first-order valence-corrected chi connectivity index (χ1v) is 13.0. The van der Waals surface area contributed by atoms with Crippen molar-refractivity contribution in [2.24, 2.45) is 11.3 Å². The third kappa shape index (κ3) is 4.76. The van der Waals surface area contributed by atoms with Crippen LogP contribution in [0.2, 0.25) is 0 Å². The molecule has 8 heteroatoms. The standard InChI is InChI=1S/C27H32N2O5S/c1-16(2)23(27(3,4)25(32)29-15-35-14-22(29)24(30)31)28-26(33)34-13-21-19-11-7-5-9-17(19)18-10-6-8-12-20(18)21/h5-12,16,21-23H,13-15H2,1-4H3,(H,28,33)(H,30,31). The second-order valence-corrected chi connectivity index (χ2v) is 11.0. The second-order valence-electron chi connectivity index (χ2n) is 10.0. The van der Waals surface area contributed by atoms with Crippen molar-refractivity contribution in [2.75, 3.05) is 18.2 Å². The van der Waals surface area contributed by atoms with Gasteiger partial charge in [-0.15, -0.1) is 11.8 Å². The number of nitrogens with one attached hydrogen (secondary N) is 1. The summed E-state index contributed by atoms with van der Waals surface area (Å²) in [5.74, 6) is -0.735. The Bertz CT molecular complexity index is 1090. The molecule has 2 amide bonds. The molecule has 186 valence electrons. The van der Waals surface area contributed by atoms with Crippen LogP contribution in [0.5, 0.6) is 0 Å². The number of carbonyl (C=O) groups is 3. The minimum Gasteiger partial charge on any atom is -0.480 e. The number of nitrogens with zero attached hydrogens (tertiary/aromatic N) is 1. The molecule has 0 aromatic heterocycles. The number of alkyl carbamates (subject to hydrolysis) is 1. The zero-order valence-electron chi connectivity index (χ0n) is 20.5. The van der Waals surface area contributed by atoms with E-state index in [4.69, 9.17) is 4.74 Å². The molecule has 1 heterocycles. The Hall–Kier alpha value is -3.00. The van der Waals surface area contributed by atoms with E-state index in [-0.39, 0.29) is 24.3 Å². The first kappa shape index (κ1) is 25.1. The average Bonchev–Trinajstić information content (AvgIpc) is 3.44. The van der Waals surface area contributed by atoms with Crippen LogP contribution < -0.4 is 5.32 Å². The largest absolute Gasteiger partial charge is 0.480 e. The van der Waals surface area contributed by atoms with Crippen LogP contribution in [0.1, 0.15) is 44.7 Å². The van der Waals surface area contributed by atoms with Gasteiger partial charge in [-0.2, -0.15) is 0 Å². The summed E-state index contributed by atoms with van der Waals surface area (Å²) in [4.78, 5) is 39.4. The van der Waals surface area contributed by atoms with Gasteiger partial charge in [-0.05, 0) is 42.0 Å². The van der Waals surface area contributed by atoms with Crippen LogP contribution in [0.25, 0.3) is 11.1 Å². The first-order valence-electron chi connectivity index (χ1n) is 11.9. The van der Waals surface area contributed by atoms with E-state index < -0.39 is 29.6 Å². The molecule has 2 aromatic rings. The minimum atomic E-state index is -1.02. The summed E-state index contributed by atoms with van der Waals surface area (Å²) in [6, 6.07) is 14.9. The highest BCUT2D eigenvalue weighted by Crippen LogP contribution is 2.44. The number of hydrogen-bond acceptors (Lipinski definition) is 5. The van der Waals surface area contributed by atoms with Crippen molar-refractivity contribution in [3.63, 3.8) is 0 Å². The minimum absolute atomic E-state index is 0.0572. The number of amides is 2. The molecular formula is C27H32N2O5S. The molecular weight excluding hydrogens is 464 g/mol. The molecule has 1 aliphatic heterocycles. The van der Waals surface area contributed by atoms with E-state index in [1.54, 1.807) is 13.8 Å². The molecule has 0 spiro atoms. The summed E-state index contributed by atoms with van der Waals surface area (Å²) >= 11 is 1.42. The molecule has 1 fully saturated rings. The van der Waals surface area contributed by atoms with Gasteiger partial charge in [0.2, 0.25) is 5.91 Å².